The summed E-state index contributed by atoms with van der Waals surface area (Å²) in [5.41, 5.74) is -0.760. The lowest BCUT2D eigenvalue weighted by atomic mass is 10.2. The Labute approximate surface area is 205 Å². The summed E-state index contributed by atoms with van der Waals surface area (Å²) in [7, 11) is 0. The van der Waals surface area contributed by atoms with E-state index in [4.69, 9.17) is 4.74 Å². The van der Waals surface area contributed by atoms with Crippen molar-refractivity contribution in [2.45, 2.75) is 20.4 Å². The molecular formula is C23H17F3N4O5S. The van der Waals surface area contributed by atoms with E-state index >= 15 is 0 Å². The predicted molar refractivity (Wildman–Crippen MR) is 121 cm³/mol. The summed E-state index contributed by atoms with van der Waals surface area (Å²) >= 11 is 0.752. The fourth-order valence-corrected chi connectivity index (χ4v) is 4.00. The molecule has 4 rings (SSSR count). The zero-order valence-electron chi connectivity index (χ0n) is 18.8. The van der Waals surface area contributed by atoms with Gasteiger partial charge < -0.3 is 9.47 Å². The van der Waals surface area contributed by atoms with Crippen molar-refractivity contribution in [3.05, 3.63) is 86.9 Å². The Morgan fingerprint density at radius 2 is 1.81 bits per heavy atom. The monoisotopic (exact) mass is 518 g/mol. The highest BCUT2D eigenvalue weighted by molar-refractivity contribution is 7.16. The third-order valence-corrected chi connectivity index (χ3v) is 5.93. The van der Waals surface area contributed by atoms with E-state index in [2.05, 4.69) is 14.8 Å². The summed E-state index contributed by atoms with van der Waals surface area (Å²) in [5, 5.41) is 3.81. The molecular weight excluding hydrogens is 501 g/mol. The molecule has 0 aliphatic carbocycles. The van der Waals surface area contributed by atoms with Crippen LogP contribution >= 0.6 is 11.3 Å². The minimum Gasteiger partial charge on any atom is -0.460 e. The smallest absolute Gasteiger partial charge is 0.382 e. The second kappa shape index (κ2) is 10.2. The molecule has 0 N–H and O–H groups in total. The number of rotatable bonds is 8. The molecule has 13 heteroatoms. The Morgan fingerprint density at radius 3 is 2.47 bits per heavy atom. The predicted octanol–water partition coefficient (Wildman–Crippen LogP) is 3.80. The van der Waals surface area contributed by atoms with Gasteiger partial charge in [0, 0.05) is 11.6 Å². The first-order chi connectivity index (χ1) is 17.2. The van der Waals surface area contributed by atoms with Gasteiger partial charge in [-0.3, -0.25) is 9.36 Å². The molecule has 0 bridgehead atoms. The van der Waals surface area contributed by atoms with Crippen molar-refractivity contribution in [2.75, 3.05) is 6.61 Å². The zero-order valence-corrected chi connectivity index (χ0v) is 19.6. The highest BCUT2D eigenvalue weighted by Gasteiger charge is 2.24. The number of halogens is 3. The summed E-state index contributed by atoms with van der Waals surface area (Å²) in [6.45, 7) is 2.70. The number of aromatic nitrogens is 4. The quantitative estimate of drug-likeness (QED) is 0.198. The number of ketones is 1. The van der Waals surface area contributed by atoms with Crippen LogP contribution in [-0.2, 0) is 16.1 Å². The fraction of sp³-hybridized carbons (Fsp3) is 0.174. The molecule has 0 atom stereocenters. The van der Waals surface area contributed by atoms with Gasteiger partial charge >= 0.3 is 11.7 Å². The summed E-state index contributed by atoms with van der Waals surface area (Å²) in [4.78, 5) is 40.4. The van der Waals surface area contributed by atoms with E-state index in [1.807, 2.05) is 0 Å². The van der Waals surface area contributed by atoms with E-state index in [-0.39, 0.29) is 39.4 Å². The SMILES string of the molecule is CCOC(=O)C(=O)c1nc(C)c(Oc2ccc(-n3ncn(Cc4c(F)cccc4F)c3=O)cc2F)s1. The number of nitrogens with zero attached hydrogens (tertiary/aromatic N) is 4. The van der Waals surface area contributed by atoms with Crippen molar-refractivity contribution in [2.24, 2.45) is 0 Å². The lowest BCUT2D eigenvalue weighted by Crippen LogP contribution is -2.24. The Hall–Kier alpha value is -4.26. The Bertz CT molecular complexity index is 1510. The van der Waals surface area contributed by atoms with E-state index in [1.54, 1.807) is 6.92 Å². The van der Waals surface area contributed by atoms with E-state index in [0.717, 1.165) is 45.1 Å². The zero-order chi connectivity index (χ0) is 26.0. The number of hydrogen-bond donors (Lipinski definition) is 0. The Morgan fingerprint density at radius 1 is 1.08 bits per heavy atom. The van der Waals surface area contributed by atoms with Gasteiger partial charge in [0.1, 0.15) is 18.0 Å². The number of Topliss-reactive ketones (excluding diaryl/α,β-unsaturated/α-hetero) is 1. The van der Waals surface area contributed by atoms with Gasteiger partial charge in [0.25, 0.3) is 5.78 Å². The van der Waals surface area contributed by atoms with Crippen molar-refractivity contribution in [1.29, 1.82) is 0 Å². The van der Waals surface area contributed by atoms with Crippen LogP contribution in [0.3, 0.4) is 0 Å². The van der Waals surface area contributed by atoms with Crippen LogP contribution in [0, 0.1) is 24.4 Å². The van der Waals surface area contributed by atoms with Gasteiger partial charge in [-0.15, -0.1) is 0 Å². The van der Waals surface area contributed by atoms with Gasteiger partial charge in [-0.2, -0.15) is 9.78 Å². The molecule has 9 nitrogen and oxygen atoms in total. The van der Waals surface area contributed by atoms with E-state index in [9.17, 15) is 27.6 Å². The molecule has 0 saturated heterocycles. The number of ether oxygens (including phenoxy) is 2. The van der Waals surface area contributed by atoms with Crippen LogP contribution in [0.4, 0.5) is 13.2 Å². The molecule has 0 spiro atoms. The van der Waals surface area contributed by atoms with Crippen LogP contribution in [-0.4, -0.2) is 37.7 Å². The van der Waals surface area contributed by atoms with Crippen molar-refractivity contribution in [3.8, 4) is 16.5 Å². The third kappa shape index (κ3) is 4.91. The summed E-state index contributed by atoms with van der Waals surface area (Å²) in [6.07, 6.45) is 1.08. The maximum absolute atomic E-state index is 14.8. The van der Waals surface area contributed by atoms with Crippen LogP contribution in [0.15, 0.2) is 47.5 Å². The Kier molecular flexibility index (Phi) is 7.01. The first-order valence-corrected chi connectivity index (χ1v) is 11.2. The normalized spacial score (nSPS) is 10.9. The van der Waals surface area contributed by atoms with E-state index in [0.29, 0.717) is 0 Å². The second-order valence-corrected chi connectivity index (χ2v) is 8.27. The highest BCUT2D eigenvalue weighted by Crippen LogP contribution is 2.33. The van der Waals surface area contributed by atoms with E-state index in [1.165, 1.54) is 25.1 Å². The van der Waals surface area contributed by atoms with Crippen molar-refractivity contribution >= 4 is 23.1 Å². The largest absolute Gasteiger partial charge is 0.460 e. The van der Waals surface area contributed by atoms with Crippen molar-refractivity contribution in [3.63, 3.8) is 0 Å². The first-order valence-electron chi connectivity index (χ1n) is 10.4. The molecule has 0 amide bonds. The number of hydrogen-bond acceptors (Lipinski definition) is 8. The molecule has 0 aliphatic heterocycles. The number of esters is 1. The van der Waals surface area contributed by atoms with Crippen LogP contribution in [0.5, 0.6) is 10.8 Å². The van der Waals surface area contributed by atoms with Crippen molar-refractivity contribution in [1.82, 2.24) is 19.3 Å². The molecule has 0 radical (unpaired) electrons. The fourth-order valence-electron chi connectivity index (χ4n) is 3.14. The van der Waals surface area contributed by atoms with Gasteiger partial charge in [0.05, 0.1) is 24.5 Å². The topological polar surface area (TPSA) is 105 Å². The molecule has 0 saturated carbocycles. The number of thiazole rings is 1. The Balaban J connectivity index is 1.55. The summed E-state index contributed by atoms with van der Waals surface area (Å²) in [6, 6.07) is 6.92. The molecule has 186 valence electrons. The van der Waals surface area contributed by atoms with Crippen LogP contribution in [0.2, 0.25) is 0 Å². The van der Waals surface area contributed by atoms with Gasteiger partial charge in [-0.05, 0) is 38.1 Å². The minimum atomic E-state index is -1.06. The lowest BCUT2D eigenvalue weighted by Gasteiger charge is -2.07. The molecule has 2 aromatic carbocycles. The number of aryl methyl sites for hydroxylation is 1. The van der Waals surface area contributed by atoms with Gasteiger partial charge in [-0.1, -0.05) is 17.4 Å². The first kappa shape index (κ1) is 24.9. The van der Waals surface area contributed by atoms with Gasteiger partial charge in [0.2, 0.25) is 5.06 Å². The summed E-state index contributed by atoms with van der Waals surface area (Å²) in [5.74, 6) is -4.72. The van der Waals surface area contributed by atoms with Gasteiger partial charge in [0.15, 0.2) is 16.6 Å². The lowest BCUT2D eigenvalue weighted by molar-refractivity contribution is -0.137. The minimum absolute atomic E-state index is 0.0250. The van der Waals surface area contributed by atoms with Gasteiger partial charge in [-0.25, -0.2) is 27.7 Å². The van der Waals surface area contributed by atoms with Crippen LogP contribution in [0.1, 0.15) is 28.0 Å². The molecule has 0 fully saturated rings. The molecule has 4 aromatic rings. The third-order valence-electron chi connectivity index (χ3n) is 4.90. The van der Waals surface area contributed by atoms with Crippen LogP contribution in [0.25, 0.3) is 5.69 Å². The molecule has 0 aliphatic rings. The second-order valence-electron chi connectivity index (χ2n) is 7.31. The molecule has 2 aromatic heterocycles. The van der Waals surface area contributed by atoms with Crippen LogP contribution < -0.4 is 10.4 Å². The molecule has 2 heterocycles. The van der Waals surface area contributed by atoms with Crippen molar-refractivity contribution < 1.29 is 32.2 Å². The average Bonchev–Trinajstić information content (AvgIpc) is 3.39. The highest BCUT2D eigenvalue weighted by atomic mass is 32.1. The summed E-state index contributed by atoms with van der Waals surface area (Å²) < 4.78 is 54.7. The number of benzene rings is 2. The molecule has 36 heavy (non-hydrogen) atoms. The van der Waals surface area contributed by atoms with E-state index < -0.39 is 41.4 Å². The average molecular weight is 518 g/mol. The number of carbonyl (C=O) groups is 2. The number of carbonyl (C=O) groups excluding carboxylic acids is 2. The molecule has 0 unspecified atom stereocenters. The standard InChI is InChI=1S/C23H17F3N4O5S/c1-3-34-21(32)19(31)20-28-12(2)22(36-20)35-18-8-7-13(9-17(18)26)30-23(33)29(11-27-30)10-14-15(24)5-4-6-16(14)25/h4-9,11H,3,10H2,1-2H3. The maximum Gasteiger partial charge on any atom is 0.382 e. The maximum atomic E-state index is 14.8.